The van der Waals surface area contributed by atoms with E-state index in [-0.39, 0.29) is 11.4 Å². The van der Waals surface area contributed by atoms with Gasteiger partial charge in [0.05, 0.1) is 16.0 Å². The highest BCUT2D eigenvalue weighted by molar-refractivity contribution is 5.94. The van der Waals surface area contributed by atoms with Gasteiger partial charge < -0.3 is 5.32 Å². The van der Waals surface area contributed by atoms with Crippen LogP contribution in [-0.2, 0) is 0 Å². The van der Waals surface area contributed by atoms with Gasteiger partial charge in [-0.1, -0.05) is 55.5 Å². The quantitative estimate of drug-likeness (QED) is 0.371. The second-order valence-corrected chi connectivity index (χ2v) is 6.86. The van der Waals surface area contributed by atoms with Crippen molar-refractivity contribution < 1.29 is 4.92 Å². The summed E-state index contributed by atoms with van der Waals surface area (Å²) in [7, 11) is 0. The maximum Gasteiger partial charge on any atom is 0.295 e. The molecule has 3 aromatic carbocycles. The summed E-state index contributed by atoms with van der Waals surface area (Å²) in [6.07, 6.45) is 0.901. The lowest BCUT2D eigenvalue weighted by Crippen LogP contribution is -2.23. The average Bonchev–Trinajstić information content (AvgIpc) is 2.78. The largest absolute Gasteiger partial charge is 0.385 e. The number of aromatic nitrogens is 2. The van der Waals surface area contributed by atoms with E-state index in [1.165, 1.54) is 6.07 Å². The first-order valence-electron chi connectivity index (χ1n) is 9.70. The molecule has 1 aromatic heterocycles. The molecule has 150 valence electrons. The van der Waals surface area contributed by atoms with E-state index in [9.17, 15) is 14.9 Å². The molecule has 1 heterocycles. The topological polar surface area (TPSA) is 90.1 Å². The van der Waals surface area contributed by atoms with Gasteiger partial charge in [0.15, 0.2) is 0 Å². The molecule has 0 aliphatic carbocycles. The fraction of sp³-hybridized carbons (Fsp3) is 0.130. The van der Waals surface area contributed by atoms with Crippen LogP contribution in [0.2, 0.25) is 0 Å². The number of nitrogens with one attached hydrogen (secondary N) is 1. The summed E-state index contributed by atoms with van der Waals surface area (Å²) in [5, 5.41) is 20.6. The first-order chi connectivity index (χ1) is 14.6. The number of hydrogen-bond acceptors (Lipinski definition) is 5. The van der Waals surface area contributed by atoms with Crippen LogP contribution < -0.4 is 10.9 Å². The van der Waals surface area contributed by atoms with E-state index in [0.29, 0.717) is 28.7 Å². The van der Waals surface area contributed by atoms with Crippen LogP contribution >= 0.6 is 0 Å². The third-order valence-corrected chi connectivity index (χ3v) is 4.83. The molecular weight excluding hydrogens is 380 g/mol. The molecule has 7 nitrogen and oxygen atoms in total. The highest BCUT2D eigenvalue weighted by atomic mass is 16.6. The van der Waals surface area contributed by atoms with Gasteiger partial charge in [0.25, 0.3) is 11.2 Å². The lowest BCUT2D eigenvalue weighted by molar-refractivity contribution is -0.384. The highest BCUT2D eigenvalue weighted by Crippen LogP contribution is 2.29. The zero-order chi connectivity index (χ0) is 21.1. The van der Waals surface area contributed by atoms with Crippen LogP contribution in [-0.4, -0.2) is 21.2 Å². The molecule has 0 amide bonds. The van der Waals surface area contributed by atoms with Crippen molar-refractivity contribution in [2.24, 2.45) is 0 Å². The van der Waals surface area contributed by atoms with E-state index in [4.69, 9.17) is 0 Å². The molecule has 0 atom stereocenters. The summed E-state index contributed by atoms with van der Waals surface area (Å²) in [5.41, 5.74) is 1.66. The van der Waals surface area contributed by atoms with Crippen LogP contribution in [0.15, 0.2) is 77.6 Å². The fourth-order valence-corrected chi connectivity index (χ4v) is 3.39. The van der Waals surface area contributed by atoms with Gasteiger partial charge in [0.2, 0.25) is 0 Å². The summed E-state index contributed by atoms with van der Waals surface area (Å²) in [4.78, 5) is 24.5. The Labute approximate surface area is 172 Å². The lowest BCUT2D eigenvalue weighted by Gasteiger charge is -2.13. The van der Waals surface area contributed by atoms with Crippen LogP contribution in [0.5, 0.6) is 0 Å². The van der Waals surface area contributed by atoms with Crippen molar-refractivity contribution in [3.63, 3.8) is 0 Å². The first kappa shape index (κ1) is 19.3. The van der Waals surface area contributed by atoms with Gasteiger partial charge in [-0.15, -0.1) is 0 Å². The Morgan fingerprint density at radius 3 is 2.40 bits per heavy atom. The van der Waals surface area contributed by atoms with Crippen LogP contribution in [0, 0.1) is 10.1 Å². The van der Waals surface area contributed by atoms with E-state index in [1.807, 2.05) is 49.4 Å². The predicted molar refractivity (Wildman–Crippen MR) is 118 cm³/mol. The van der Waals surface area contributed by atoms with Crippen molar-refractivity contribution in [1.82, 2.24) is 9.78 Å². The van der Waals surface area contributed by atoms with E-state index in [2.05, 4.69) is 10.4 Å². The number of nitro benzene ring substituents is 1. The maximum absolute atomic E-state index is 13.3. The lowest BCUT2D eigenvalue weighted by atomic mass is 10.1. The molecule has 0 fully saturated rings. The number of benzene rings is 3. The molecule has 0 spiro atoms. The molecule has 0 aliphatic heterocycles. The number of nitrogens with zero attached hydrogens (tertiary/aromatic N) is 3. The van der Waals surface area contributed by atoms with Gasteiger partial charge in [-0.25, -0.2) is 0 Å². The number of rotatable bonds is 6. The molecule has 0 unspecified atom stereocenters. The van der Waals surface area contributed by atoms with Crippen molar-refractivity contribution in [2.75, 3.05) is 11.9 Å². The number of nitro groups is 1. The normalized spacial score (nSPS) is 10.8. The average molecular weight is 400 g/mol. The van der Waals surface area contributed by atoms with E-state index < -0.39 is 10.5 Å². The Morgan fingerprint density at radius 2 is 1.70 bits per heavy atom. The molecule has 30 heavy (non-hydrogen) atoms. The Kier molecular flexibility index (Phi) is 5.26. The van der Waals surface area contributed by atoms with Crippen LogP contribution in [0.3, 0.4) is 0 Å². The zero-order valence-corrected chi connectivity index (χ0v) is 16.4. The highest BCUT2D eigenvalue weighted by Gasteiger charge is 2.21. The standard InChI is InChI=1S/C23H20N4O3/c1-2-14-24-17-12-13-20(27(29)30)21(15-17)26-23(28)19-11-7-6-10-18(19)22(25-26)16-8-4-3-5-9-16/h3-13,15,24H,2,14H2,1H3. The van der Waals surface area contributed by atoms with Crippen LogP contribution in [0.4, 0.5) is 11.4 Å². The summed E-state index contributed by atoms with van der Waals surface area (Å²) >= 11 is 0. The second-order valence-electron chi connectivity index (χ2n) is 6.86. The molecule has 0 saturated heterocycles. The molecular formula is C23H20N4O3. The minimum Gasteiger partial charge on any atom is -0.385 e. The molecule has 7 heteroatoms. The monoisotopic (exact) mass is 400 g/mol. The first-order valence-corrected chi connectivity index (χ1v) is 9.70. The maximum atomic E-state index is 13.3. The Hall–Kier alpha value is -4.00. The smallest absolute Gasteiger partial charge is 0.295 e. The number of hydrogen-bond donors (Lipinski definition) is 1. The molecule has 1 N–H and O–H groups in total. The third-order valence-electron chi connectivity index (χ3n) is 4.83. The van der Waals surface area contributed by atoms with E-state index in [0.717, 1.165) is 16.7 Å². The summed E-state index contributed by atoms with van der Waals surface area (Å²) in [6, 6.07) is 21.3. The van der Waals surface area contributed by atoms with Gasteiger partial charge >= 0.3 is 0 Å². The summed E-state index contributed by atoms with van der Waals surface area (Å²) in [5.74, 6) is 0. The predicted octanol–water partition coefficient (Wildman–Crippen LogP) is 4.78. The van der Waals surface area contributed by atoms with Crippen molar-refractivity contribution >= 4 is 22.1 Å². The number of anilines is 1. The third kappa shape index (κ3) is 3.53. The molecule has 0 bridgehead atoms. The molecule has 0 radical (unpaired) electrons. The van der Waals surface area contributed by atoms with E-state index in [1.54, 1.807) is 24.3 Å². The van der Waals surface area contributed by atoms with Crippen molar-refractivity contribution in [3.05, 3.63) is 93.3 Å². The van der Waals surface area contributed by atoms with Gasteiger partial charge in [-0.2, -0.15) is 9.78 Å². The zero-order valence-electron chi connectivity index (χ0n) is 16.4. The SMILES string of the molecule is CCCNc1ccc([N+](=O)[O-])c(-n2nc(-c3ccccc3)c3ccccc3c2=O)c1. The Balaban J connectivity index is 2.03. The molecule has 4 rings (SSSR count). The van der Waals surface area contributed by atoms with Gasteiger partial charge in [-0.05, 0) is 24.6 Å². The van der Waals surface area contributed by atoms with Crippen LogP contribution in [0.1, 0.15) is 13.3 Å². The minimum atomic E-state index is -0.496. The number of fused-ring (bicyclic) bond motifs is 1. The Morgan fingerprint density at radius 1 is 1.00 bits per heavy atom. The van der Waals surface area contributed by atoms with E-state index >= 15 is 0 Å². The van der Waals surface area contributed by atoms with Crippen molar-refractivity contribution in [2.45, 2.75) is 13.3 Å². The molecule has 0 saturated carbocycles. The summed E-state index contributed by atoms with van der Waals surface area (Å²) in [6.45, 7) is 2.74. The van der Waals surface area contributed by atoms with Crippen molar-refractivity contribution in [3.8, 4) is 16.9 Å². The Bertz CT molecular complexity index is 1280. The summed E-state index contributed by atoms with van der Waals surface area (Å²) < 4.78 is 1.14. The van der Waals surface area contributed by atoms with Gasteiger partial charge in [0, 0.05) is 29.2 Å². The van der Waals surface area contributed by atoms with Gasteiger partial charge in [-0.3, -0.25) is 14.9 Å². The fourth-order valence-electron chi connectivity index (χ4n) is 3.39. The minimum absolute atomic E-state index is 0.133. The molecule has 4 aromatic rings. The van der Waals surface area contributed by atoms with Gasteiger partial charge in [0.1, 0.15) is 5.69 Å². The van der Waals surface area contributed by atoms with Crippen LogP contribution in [0.25, 0.3) is 27.7 Å². The molecule has 0 aliphatic rings. The second kappa shape index (κ2) is 8.16. The van der Waals surface area contributed by atoms with Crippen molar-refractivity contribution in [1.29, 1.82) is 0 Å².